The average Bonchev–Trinajstić information content (AvgIpc) is 2.92. The summed E-state index contributed by atoms with van der Waals surface area (Å²) in [5.74, 6) is -2.07. The van der Waals surface area contributed by atoms with Crippen LogP contribution in [0.25, 0.3) is 5.69 Å². The number of carbonyl (C=O) groups excluding carboxylic acids is 2. The molecule has 2 heterocycles. The highest BCUT2D eigenvalue weighted by atomic mass is 19.1. The first-order valence-corrected chi connectivity index (χ1v) is 13.2. The van der Waals surface area contributed by atoms with E-state index in [1.165, 1.54) is 23.1 Å². The number of carbonyl (C=O) groups is 2. The van der Waals surface area contributed by atoms with Crippen molar-refractivity contribution < 1.29 is 18.7 Å². The van der Waals surface area contributed by atoms with Crippen molar-refractivity contribution in [3.8, 4) is 5.69 Å². The van der Waals surface area contributed by atoms with Crippen molar-refractivity contribution in [2.75, 3.05) is 13.2 Å². The number of benzene rings is 2. The van der Waals surface area contributed by atoms with E-state index in [1.807, 2.05) is 26.8 Å². The first-order valence-electron chi connectivity index (χ1n) is 13.2. The molecule has 1 saturated heterocycles. The first kappa shape index (κ1) is 27.9. The van der Waals surface area contributed by atoms with Gasteiger partial charge in [0.15, 0.2) is 0 Å². The third-order valence-electron chi connectivity index (χ3n) is 7.27. The predicted molar refractivity (Wildman–Crippen MR) is 144 cm³/mol. The molecule has 0 bridgehead atoms. The molecular formula is C29H33FN4O5. The van der Waals surface area contributed by atoms with Gasteiger partial charge in [0.1, 0.15) is 5.82 Å². The summed E-state index contributed by atoms with van der Waals surface area (Å²) in [6.07, 6.45) is 1.60. The maximum atomic E-state index is 13.9. The average molecular weight is 537 g/mol. The molecule has 0 aliphatic carbocycles. The number of hydrogen-bond acceptors (Lipinski definition) is 6. The van der Waals surface area contributed by atoms with Crippen LogP contribution in [0.15, 0.2) is 52.1 Å². The standard InChI is InChI=1S/C29H33FN4O5/c1-5-24-23(28(37)39-6-2)11-8-14-32(24)26(35)25-27(36)33(17-20-9-7-10-21(30)16-20)29(38)34(31-25)22-13-12-18(3)19(4)15-22/h7,9-10,12-13,15-16,23-24H,5-6,8,11,14,17H2,1-4H3. The van der Waals surface area contributed by atoms with Crippen LogP contribution in [0.2, 0.25) is 0 Å². The van der Waals surface area contributed by atoms with E-state index < -0.39 is 40.6 Å². The van der Waals surface area contributed by atoms with Gasteiger partial charge in [-0.15, -0.1) is 0 Å². The number of amides is 1. The van der Waals surface area contributed by atoms with Crippen molar-refractivity contribution in [2.45, 2.75) is 59.5 Å². The Morgan fingerprint density at radius 3 is 2.51 bits per heavy atom. The number of ether oxygens (including phenoxy) is 1. The summed E-state index contributed by atoms with van der Waals surface area (Å²) in [6, 6.07) is 10.4. The molecule has 2 aromatic carbocycles. The lowest BCUT2D eigenvalue weighted by atomic mass is 9.87. The van der Waals surface area contributed by atoms with Crippen molar-refractivity contribution in [1.82, 2.24) is 19.2 Å². The number of piperidine rings is 1. The number of aromatic nitrogens is 3. The molecule has 1 aromatic heterocycles. The van der Waals surface area contributed by atoms with Gasteiger partial charge in [0.25, 0.3) is 11.5 Å². The van der Waals surface area contributed by atoms with Crippen LogP contribution >= 0.6 is 0 Å². The molecule has 3 aromatic rings. The minimum atomic E-state index is -0.873. The summed E-state index contributed by atoms with van der Waals surface area (Å²) in [6.45, 7) is 7.73. The minimum absolute atomic E-state index is 0.229. The fourth-order valence-corrected chi connectivity index (χ4v) is 5.11. The summed E-state index contributed by atoms with van der Waals surface area (Å²) in [7, 11) is 0. The topological polar surface area (TPSA) is 104 Å². The van der Waals surface area contributed by atoms with E-state index in [2.05, 4.69) is 5.10 Å². The Morgan fingerprint density at radius 2 is 1.85 bits per heavy atom. The number of esters is 1. The molecule has 206 valence electrons. The van der Waals surface area contributed by atoms with Crippen LogP contribution in [0.4, 0.5) is 4.39 Å². The molecule has 4 rings (SSSR count). The van der Waals surface area contributed by atoms with Gasteiger partial charge in [-0.05, 0) is 81.0 Å². The molecule has 0 spiro atoms. The van der Waals surface area contributed by atoms with Crippen LogP contribution in [-0.4, -0.2) is 50.3 Å². The molecule has 2 atom stereocenters. The van der Waals surface area contributed by atoms with Crippen LogP contribution in [0.1, 0.15) is 60.3 Å². The van der Waals surface area contributed by atoms with Gasteiger partial charge in [-0.2, -0.15) is 9.78 Å². The zero-order chi connectivity index (χ0) is 28.3. The first-order chi connectivity index (χ1) is 18.7. The Labute approximate surface area is 225 Å². The van der Waals surface area contributed by atoms with Gasteiger partial charge in [0.2, 0.25) is 5.69 Å². The fraction of sp³-hybridized carbons (Fsp3) is 0.414. The largest absolute Gasteiger partial charge is 0.466 e. The normalized spacial score (nSPS) is 17.2. The molecule has 0 N–H and O–H groups in total. The predicted octanol–water partition coefficient (Wildman–Crippen LogP) is 3.39. The third kappa shape index (κ3) is 5.69. The zero-order valence-corrected chi connectivity index (χ0v) is 22.6. The number of aryl methyl sites for hydroxylation is 2. The lowest BCUT2D eigenvalue weighted by molar-refractivity contribution is -0.151. The highest BCUT2D eigenvalue weighted by molar-refractivity contribution is 5.92. The van der Waals surface area contributed by atoms with Gasteiger partial charge < -0.3 is 9.64 Å². The Balaban J connectivity index is 1.86. The Morgan fingerprint density at radius 1 is 1.08 bits per heavy atom. The molecule has 1 amide bonds. The summed E-state index contributed by atoms with van der Waals surface area (Å²) in [5, 5.41) is 4.27. The van der Waals surface area contributed by atoms with Crippen molar-refractivity contribution >= 4 is 11.9 Å². The lowest BCUT2D eigenvalue weighted by Crippen LogP contribution is -2.53. The van der Waals surface area contributed by atoms with Crippen molar-refractivity contribution in [3.63, 3.8) is 0 Å². The second-order valence-electron chi connectivity index (χ2n) is 9.81. The van der Waals surface area contributed by atoms with Crippen LogP contribution in [-0.2, 0) is 16.1 Å². The van der Waals surface area contributed by atoms with Crippen molar-refractivity contribution in [1.29, 1.82) is 0 Å². The fourth-order valence-electron chi connectivity index (χ4n) is 5.11. The van der Waals surface area contributed by atoms with Gasteiger partial charge in [-0.3, -0.25) is 19.0 Å². The summed E-state index contributed by atoms with van der Waals surface area (Å²) >= 11 is 0. The van der Waals surface area contributed by atoms with Gasteiger partial charge in [-0.1, -0.05) is 25.1 Å². The van der Waals surface area contributed by atoms with Crippen LogP contribution < -0.4 is 11.2 Å². The maximum Gasteiger partial charge on any atom is 0.352 e. The molecule has 0 saturated carbocycles. The quantitative estimate of drug-likeness (QED) is 0.429. The number of likely N-dealkylation sites (tertiary alicyclic amines) is 1. The second-order valence-corrected chi connectivity index (χ2v) is 9.81. The molecule has 39 heavy (non-hydrogen) atoms. The number of hydrogen-bond donors (Lipinski definition) is 0. The molecule has 1 aliphatic heterocycles. The highest BCUT2D eigenvalue weighted by Crippen LogP contribution is 2.28. The summed E-state index contributed by atoms with van der Waals surface area (Å²) < 4.78 is 21.1. The van der Waals surface area contributed by atoms with Crippen LogP contribution in [0.3, 0.4) is 0 Å². The highest BCUT2D eigenvalue weighted by Gasteiger charge is 2.40. The molecule has 9 nitrogen and oxygen atoms in total. The Kier molecular flexibility index (Phi) is 8.42. The SMILES string of the molecule is CCOC(=O)C1CCCN(C(=O)c2nn(-c3ccc(C)c(C)c3)c(=O)n(Cc3cccc(F)c3)c2=O)C1CC. The molecule has 1 fully saturated rings. The minimum Gasteiger partial charge on any atom is -0.466 e. The molecule has 2 unspecified atom stereocenters. The van der Waals surface area contributed by atoms with E-state index >= 15 is 0 Å². The van der Waals surface area contributed by atoms with E-state index in [4.69, 9.17) is 4.74 Å². The molecule has 1 aliphatic rings. The van der Waals surface area contributed by atoms with Gasteiger partial charge >= 0.3 is 11.7 Å². The van der Waals surface area contributed by atoms with E-state index in [0.29, 0.717) is 37.1 Å². The van der Waals surface area contributed by atoms with E-state index in [0.717, 1.165) is 20.4 Å². The third-order valence-corrected chi connectivity index (χ3v) is 7.27. The molecular weight excluding hydrogens is 503 g/mol. The van der Waals surface area contributed by atoms with E-state index in [9.17, 15) is 23.6 Å². The van der Waals surface area contributed by atoms with Gasteiger partial charge in [0, 0.05) is 12.6 Å². The summed E-state index contributed by atoms with van der Waals surface area (Å²) in [5.41, 5.74) is 0.614. The van der Waals surface area contributed by atoms with Crippen molar-refractivity contribution in [3.05, 3.63) is 91.5 Å². The number of halogens is 1. The maximum absolute atomic E-state index is 13.9. The molecule has 0 radical (unpaired) electrons. The number of rotatable bonds is 7. The monoisotopic (exact) mass is 536 g/mol. The van der Waals surface area contributed by atoms with E-state index in [1.54, 1.807) is 25.1 Å². The smallest absolute Gasteiger partial charge is 0.352 e. The summed E-state index contributed by atoms with van der Waals surface area (Å²) in [4.78, 5) is 55.2. The Hall–Kier alpha value is -4.08. The number of nitrogens with zero attached hydrogens (tertiary/aromatic N) is 4. The second kappa shape index (κ2) is 11.8. The lowest BCUT2D eigenvalue weighted by Gasteiger charge is -2.39. The van der Waals surface area contributed by atoms with Crippen LogP contribution in [0, 0.1) is 25.6 Å². The van der Waals surface area contributed by atoms with Crippen LogP contribution in [0.5, 0.6) is 0 Å². The van der Waals surface area contributed by atoms with E-state index in [-0.39, 0.29) is 19.1 Å². The van der Waals surface area contributed by atoms with Crippen molar-refractivity contribution in [2.24, 2.45) is 5.92 Å². The van der Waals surface area contributed by atoms with Gasteiger partial charge in [0.05, 0.1) is 24.8 Å². The van der Waals surface area contributed by atoms with Gasteiger partial charge in [-0.25, -0.2) is 9.18 Å². The zero-order valence-electron chi connectivity index (χ0n) is 22.6. The molecule has 10 heteroatoms. The Bertz CT molecular complexity index is 1510.